The fourth-order valence-corrected chi connectivity index (χ4v) is 2.42. The molecule has 21 heavy (non-hydrogen) atoms. The van der Waals surface area contributed by atoms with Crippen LogP contribution in [0.2, 0.25) is 0 Å². The quantitative estimate of drug-likeness (QED) is 0.820. The maximum atomic E-state index is 12.5. The van der Waals surface area contributed by atoms with E-state index >= 15 is 0 Å². The van der Waals surface area contributed by atoms with E-state index in [4.69, 9.17) is 5.11 Å². The van der Waals surface area contributed by atoms with E-state index in [0.29, 0.717) is 12.8 Å². The summed E-state index contributed by atoms with van der Waals surface area (Å²) in [6, 6.07) is 0. The zero-order valence-electron chi connectivity index (χ0n) is 12.3. The number of carbonyl (C=O) groups excluding carboxylic acids is 1. The molecule has 1 rings (SSSR count). The van der Waals surface area contributed by atoms with Crippen LogP contribution in [0, 0.1) is 17.3 Å². The third-order valence-corrected chi connectivity index (χ3v) is 4.09. The van der Waals surface area contributed by atoms with Crippen LogP contribution in [0.5, 0.6) is 0 Å². The molecule has 0 bridgehead atoms. The van der Waals surface area contributed by atoms with Crippen molar-refractivity contribution in [1.82, 2.24) is 5.32 Å². The maximum absolute atomic E-state index is 12.5. The molecule has 0 aliphatic heterocycles. The van der Waals surface area contributed by atoms with Gasteiger partial charge >= 0.3 is 12.1 Å². The Balaban J connectivity index is 2.33. The monoisotopic (exact) mass is 309 g/mol. The Labute approximate surface area is 122 Å². The molecule has 0 saturated heterocycles. The van der Waals surface area contributed by atoms with Crippen molar-refractivity contribution in [2.45, 2.75) is 52.1 Å². The fraction of sp³-hybridized carbons (Fsp3) is 0.857. The SMILES string of the molecule is CC(C)(CNC(=O)CC1CCC(C(F)(F)F)CC1)C(=O)O. The number of halogens is 3. The molecule has 4 nitrogen and oxygen atoms in total. The van der Waals surface area contributed by atoms with E-state index in [9.17, 15) is 22.8 Å². The Hall–Kier alpha value is -1.27. The van der Waals surface area contributed by atoms with Crippen molar-refractivity contribution in [3.8, 4) is 0 Å². The van der Waals surface area contributed by atoms with Gasteiger partial charge in [0.05, 0.1) is 11.3 Å². The third kappa shape index (κ3) is 5.55. The minimum absolute atomic E-state index is 0.0130. The summed E-state index contributed by atoms with van der Waals surface area (Å²) in [5.41, 5.74) is -1.05. The summed E-state index contributed by atoms with van der Waals surface area (Å²) in [6.45, 7) is 3.02. The molecule has 0 spiro atoms. The molecule has 1 amide bonds. The Kier molecular flexibility index (Phi) is 5.64. The van der Waals surface area contributed by atoms with Crippen molar-refractivity contribution in [3.05, 3.63) is 0 Å². The van der Waals surface area contributed by atoms with Crippen LogP contribution < -0.4 is 5.32 Å². The Morgan fingerprint density at radius 3 is 2.10 bits per heavy atom. The number of alkyl halides is 3. The Bertz CT molecular complexity index is 385. The van der Waals surface area contributed by atoms with E-state index in [1.807, 2.05) is 0 Å². The van der Waals surface area contributed by atoms with Crippen molar-refractivity contribution in [2.24, 2.45) is 17.3 Å². The lowest BCUT2D eigenvalue weighted by atomic mass is 9.80. The molecule has 2 N–H and O–H groups in total. The molecule has 0 unspecified atom stereocenters. The van der Waals surface area contributed by atoms with Gasteiger partial charge < -0.3 is 10.4 Å². The highest BCUT2D eigenvalue weighted by Gasteiger charge is 2.41. The smallest absolute Gasteiger partial charge is 0.391 e. The van der Waals surface area contributed by atoms with Crippen molar-refractivity contribution < 1.29 is 27.9 Å². The molecule has 0 atom stereocenters. The lowest BCUT2D eigenvalue weighted by molar-refractivity contribution is -0.184. The first-order valence-corrected chi connectivity index (χ1v) is 7.09. The highest BCUT2D eigenvalue weighted by atomic mass is 19.4. The molecule has 1 aliphatic carbocycles. The predicted molar refractivity (Wildman–Crippen MR) is 70.5 cm³/mol. The fourth-order valence-electron chi connectivity index (χ4n) is 2.42. The summed E-state index contributed by atoms with van der Waals surface area (Å²) in [7, 11) is 0. The van der Waals surface area contributed by atoms with Gasteiger partial charge in [-0.2, -0.15) is 13.2 Å². The largest absolute Gasteiger partial charge is 0.481 e. The highest BCUT2D eigenvalue weighted by Crippen LogP contribution is 2.40. The van der Waals surface area contributed by atoms with E-state index in [-0.39, 0.29) is 37.6 Å². The molecule has 0 heterocycles. The van der Waals surface area contributed by atoms with E-state index in [1.165, 1.54) is 13.8 Å². The summed E-state index contributed by atoms with van der Waals surface area (Å²) in [5.74, 6) is -2.59. The molecule has 1 aliphatic rings. The molecule has 0 aromatic carbocycles. The lowest BCUT2D eigenvalue weighted by Crippen LogP contribution is -2.39. The van der Waals surface area contributed by atoms with Crippen molar-refractivity contribution in [3.63, 3.8) is 0 Å². The van der Waals surface area contributed by atoms with E-state index < -0.39 is 23.5 Å². The van der Waals surface area contributed by atoms with E-state index in [0.717, 1.165) is 0 Å². The van der Waals surface area contributed by atoms with Gasteiger partial charge in [-0.15, -0.1) is 0 Å². The molecule has 122 valence electrons. The van der Waals surface area contributed by atoms with Gasteiger partial charge in [0.1, 0.15) is 0 Å². The van der Waals surface area contributed by atoms with Crippen LogP contribution in [-0.4, -0.2) is 29.7 Å². The van der Waals surface area contributed by atoms with Crippen LogP contribution >= 0.6 is 0 Å². The number of aliphatic carboxylic acids is 1. The van der Waals surface area contributed by atoms with E-state index in [2.05, 4.69) is 5.32 Å². The first-order chi connectivity index (χ1) is 9.52. The number of nitrogens with one attached hydrogen (secondary N) is 1. The Morgan fingerprint density at radius 1 is 1.14 bits per heavy atom. The summed E-state index contributed by atoms with van der Waals surface area (Å²) in [6.07, 6.45) is -3.05. The average molecular weight is 309 g/mol. The minimum Gasteiger partial charge on any atom is -0.481 e. The number of amides is 1. The number of carboxylic acid groups (broad SMARTS) is 1. The standard InChI is InChI=1S/C14H22F3NO3/c1-13(2,12(20)21)8-18-11(19)7-9-3-5-10(6-4-9)14(15,16)17/h9-10H,3-8H2,1-2H3,(H,18,19)(H,20,21). The van der Waals surface area contributed by atoms with Gasteiger partial charge in [-0.1, -0.05) is 0 Å². The van der Waals surface area contributed by atoms with Gasteiger partial charge in [0.25, 0.3) is 0 Å². The zero-order chi connectivity index (χ0) is 16.3. The molecule has 0 aromatic rings. The zero-order valence-corrected chi connectivity index (χ0v) is 12.3. The van der Waals surface area contributed by atoms with Crippen LogP contribution in [0.3, 0.4) is 0 Å². The van der Waals surface area contributed by atoms with E-state index in [1.54, 1.807) is 0 Å². The highest BCUT2D eigenvalue weighted by molar-refractivity contribution is 5.78. The van der Waals surface area contributed by atoms with Gasteiger partial charge in [-0.05, 0) is 45.4 Å². The third-order valence-electron chi connectivity index (χ3n) is 4.09. The first-order valence-electron chi connectivity index (χ1n) is 7.09. The van der Waals surface area contributed by atoms with Gasteiger partial charge in [-0.3, -0.25) is 9.59 Å². The average Bonchev–Trinajstić information content (AvgIpc) is 2.36. The Morgan fingerprint density at radius 2 is 1.67 bits per heavy atom. The number of rotatable bonds is 5. The van der Waals surface area contributed by atoms with Crippen molar-refractivity contribution in [2.75, 3.05) is 6.54 Å². The number of carbonyl (C=O) groups is 2. The number of carboxylic acids is 1. The molecule has 0 radical (unpaired) electrons. The molecule has 7 heteroatoms. The van der Waals surface area contributed by atoms with Crippen LogP contribution in [0.4, 0.5) is 13.2 Å². The van der Waals surface area contributed by atoms with Crippen LogP contribution in [0.25, 0.3) is 0 Å². The van der Waals surface area contributed by atoms with Gasteiger partial charge in [0.2, 0.25) is 5.91 Å². The van der Waals surface area contributed by atoms with Gasteiger partial charge in [0.15, 0.2) is 0 Å². The lowest BCUT2D eigenvalue weighted by Gasteiger charge is -2.29. The van der Waals surface area contributed by atoms with Crippen molar-refractivity contribution in [1.29, 1.82) is 0 Å². The van der Waals surface area contributed by atoms with Crippen molar-refractivity contribution >= 4 is 11.9 Å². The van der Waals surface area contributed by atoms with Crippen LogP contribution in [0.1, 0.15) is 46.0 Å². The van der Waals surface area contributed by atoms with Crippen LogP contribution in [-0.2, 0) is 9.59 Å². The molecule has 1 fully saturated rings. The summed E-state index contributed by atoms with van der Waals surface area (Å²) in [5, 5.41) is 11.5. The summed E-state index contributed by atoms with van der Waals surface area (Å²) >= 11 is 0. The summed E-state index contributed by atoms with van der Waals surface area (Å²) < 4.78 is 37.6. The molecule has 0 aromatic heterocycles. The first kappa shape index (κ1) is 17.8. The second-order valence-corrected chi connectivity index (χ2v) is 6.43. The maximum Gasteiger partial charge on any atom is 0.391 e. The molecular weight excluding hydrogens is 287 g/mol. The second kappa shape index (κ2) is 6.66. The second-order valence-electron chi connectivity index (χ2n) is 6.43. The normalized spacial score (nSPS) is 23.7. The molecular formula is C14H22F3NO3. The number of hydrogen-bond donors (Lipinski definition) is 2. The van der Waals surface area contributed by atoms with Gasteiger partial charge in [0, 0.05) is 13.0 Å². The molecule has 1 saturated carbocycles. The summed E-state index contributed by atoms with van der Waals surface area (Å²) in [4.78, 5) is 22.6. The topological polar surface area (TPSA) is 66.4 Å². The van der Waals surface area contributed by atoms with Gasteiger partial charge in [-0.25, -0.2) is 0 Å². The number of hydrogen-bond acceptors (Lipinski definition) is 2. The van der Waals surface area contributed by atoms with Crippen LogP contribution in [0.15, 0.2) is 0 Å². The minimum atomic E-state index is -4.14. The predicted octanol–water partition coefficient (Wildman–Crippen LogP) is 2.97.